The van der Waals surface area contributed by atoms with Gasteiger partial charge in [-0.15, -0.1) is 0 Å². The van der Waals surface area contributed by atoms with Crippen LogP contribution >= 0.6 is 0 Å². The first kappa shape index (κ1) is 11.8. The number of nitrogens with one attached hydrogen (secondary N) is 1. The smallest absolute Gasteiger partial charge is 0.119 e. The molecule has 0 spiro atoms. The first-order chi connectivity index (χ1) is 8.92. The van der Waals surface area contributed by atoms with Crippen molar-refractivity contribution in [3.8, 4) is 5.75 Å². The van der Waals surface area contributed by atoms with Crippen molar-refractivity contribution in [2.24, 2.45) is 0 Å². The third kappa shape index (κ3) is 2.78. The van der Waals surface area contributed by atoms with E-state index in [0.29, 0.717) is 6.10 Å². The van der Waals surface area contributed by atoms with Crippen LogP contribution in [0.25, 0.3) is 0 Å². The zero-order chi connectivity index (χ0) is 12.2. The summed E-state index contributed by atoms with van der Waals surface area (Å²) in [5.41, 5.74) is 1.34. The highest BCUT2D eigenvalue weighted by Crippen LogP contribution is 2.24. The van der Waals surface area contributed by atoms with Gasteiger partial charge in [-0.3, -0.25) is 0 Å². The van der Waals surface area contributed by atoms with Gasteiger partial charge in [-0.1, -0.05) is 0 Å². The molecule has 1 N–H and O–H groups in total. The first-order valence-electron chi connectivity index (χ1n) is 7.14. The van der Waals surface area contributed by atoms with Crippen LogP contribution in [0.4, 0.5) is 5.69 Å². The predicted molar refractivity (Wildman–Crippen MR) is 74.4 cm³/mol. The van der Waals surface area contributed by atoms with Crippen molar-refractivity contribution in [3.63, 3.8) is 0 Å². The van der Waals surface area contributed by atoms with E-state index in [9.17, 15) is 0 Å². The van der Waals surface area contributed by atoms with E-state index in [1.165, 1.54) is 31.6 Å². The minimum absolute atomic E-state index is 0.392. The fraction of sp³-hybridized carbons (Fsp3) is 0.600. The van der Waals surface area contributed by atoms with Gasteiger partial charge in [-0.05, 0) is 63.0 Å². The van der Waals surface area contributed by atoms with Crippen LogP contribution in [-0.2, 0) is 0 Å². The number of piperidine rings is 1. The summed E-state index contributed by atoms with van der Waals surface area (Å²) in [6.07, 6.45) is 5.28. The summed E-state index contributed by atoms with van der Waals surface area (Å²) in [5, 5.41) is 3.36. The molecule has 2 aliphatic rings. The Bertz CT molecular complexity index is 365. The molecule has 0 bridgehead atoms. The molecular formula is C15H22N2O. The summed E-state index contributed by atoms with van der Waals surface area (Å²) in [5.74, 6) is 1.02. The van der Waals surface area contributed by atoms with Gasteiger partial charge in [0, 0.05) is 18.8 Å². The maximum absolute atomic E-state index is 6.01. The standard InChI is InChI=1S/C15H22N2O/c1-2-12-17(11-1)13-3-5-14(6-4-13)18-15-7-9-16-10-8-15/h3-6,15-16H,1-2,7-12H2. The molecule has 1 aromatic carbocycles. The van der Waals surface area contributed by atoms with E-state index in [1.54, 1.807) is 0 Å². The van der Waals surface area contributed by atoms with Crippen LogP contribution in [0.1, 0.15) is 25.7 Å². The van der Waals surface area contributed by atoms with Crippen molar-refractivity contribution in [2.75, 3.05) is 31.1 Å². The summed E-state index contributed by atoms with van der Waals surface area (Å²) < 4.78 is 6.01. The van der Waals surface area contributed by atoms with Gasteiger partial charge in [-0.25, -0.2) is 0 Å². The lowest BCUT2D eigenvalue weighted by Crippen LogP contribution is -2.34. The highest BCUT2D eigenvalue weighted by Gasteiger charge is 2.15. The van der Waals surface area contributed by atoms with Crippen LogP contribution in [0.2, 0.25) is 0 Å². The molecule has 3 heteroatoms. The number of hydrogen-bond acceptors (Lipinski definition) is 3. The molecule has 2 fully saturated rings. The third-order valence-corrected chi connectivity index (χ3v) is 3.90. The number of nitrogens with zero attached hydrogens (tertiary/aromatic N) is 1. The second-order valence-corrected chi connectivity index (χ2v) is 5.26. The van der Waals surface area contributed by atoms with Crippen molar-refractivity contribution in [1.82, 2.24) is 5.32 Å². The van der Waals surface area contributed by atoms with Crippen LogP contribution in [-0.4, -0.2) is 32.3 Å². The van der Waals surface area contributed by atoms with Crippen molar-refractivity contribution < 1.29 is 4.74 Å². The van der Waals surface area contributed by atoms with Gasteiger partial charge >= 0.3 is 0 Å². The van der Waals surface area contributed by atoms with Gasteiger partial charge < -0.3 is 15.0 Å². The SMILES string of the molecule is c1cc(N2CCCC2)ccc1OC1CCNCC1. The van der Waals surface area contributed by atoms with Crippen LogP contribution in [0.5, 0.6) is 5.75 Å². The van der Waals surface area contributed by atoms with Crippen LogP contribution < -0.4 is 15.0 Å². The van der Waals surface area contributed by atoms with Crippen molar-refractivity contribution in [2.45, 2.75) is 31.8 Å². The topological polar surface area (TPSA) is 24.5 Å². The highest BCUT2D eigenvalue weighted by molar-refractivity contribution is 5.49. The van der Waals surface area contributed by atoms with Crippen molar-refractivity contribution in [1.29, 1.82) is 0 Å². The molecule has 2 saturated heterocycles. The summed E-state index contributed by atoms with van der Waals surface area (Å²) in [7, 11) is 0. The average Bonchev–Trinajstić information content (AvgIpc) is 2.95. The van der Waals surface area contributed by atoms with E-state index in [2.05, 4.69) is 34.5 Å². The van der Waals surface area contributed by atoms with E-state index in [0.717, 1.165) is 31.7 Å². The predicted octanol–water partition coefficient (Wildman–Crippen LogP) is 2.42. The normalized spacial score (nSPS) is 21.2. The summed E-state index contributed by atoms with van der Waals surface area (Å²) in [4.78, 5) is 2.45. The van der Waals surface area contributed by atoms with E-state index >= 15 is 0 Å². The first-order valence-corrected chi connectivity index (χ1v) is 7.14. The molecule has 18 heavy (non-hydrogen) atoms. The minimum atomic E-state index is 0.392. The quantitative estimate of drug-likeness (QED) is 0.886. The third-order valence-electron chi connectivity index (χ3n) is 3.90. The molecule has 0 aromatic heterocycles. The number of benzene rings is 1. The van der Waals surface area contributed by atoms with Crippen LogP contribution in [0.3, 0.4) is 0 Å². The van der Waals surface area contributed by atoms with E-state index in [1.807, 2.05) is 0 Å². The Hall–Kier alpha value is -1.22. The number of ether oxygens (including phenoxy) is 1. The minimum Gasteiger partial charge on any atom is -0.490 e. The molecule has 2 heterocycles. The Morgan fingerprint density at radius 2 is 1.67 bits per heavy atom. The van der Waals surface area contributed by atoms with Gasteiger partial charge in [0.1, 0.15) is 11.9 Å². The molecule has 3 nitrogen and oxygen atoms in total. The monoisotopic (exact) mass is 246 g/mol. The summed E-state index contributed by atoms with van der Waals surface area (Å²) >= 11 is 0. The zero-order valence-electron chi connectivity index (χ0n) is 10.9. The van der Waals surface area contributed by atoms with E-state index in [4.69, 9.17) is 4.74 Å². The lowest BCUT2D eigenvalue weighted by Gasteiger charge is -2.24. The summed E-state index contributed by atoms with van der Waals surface area (Å²) in [6.45, 7) is 4.57. The fourth-order valence-electron chi connectivity index (χ4n) is 2.82. The molecule has 3 rings (SSSR count). The van der Waals surface area contributed by atoms with Crippen molar-refractivity contribution in [3.05, 3.63) is 24.3 Å². The number of anilines is 1. The molecule has 1 aromatic rings. The van der Waals surface area contributed by atoms with E-state index in [-0.39, 0.29) is 0 Å². The molecule has 0 aliphatic carbocycles. The highest BCUT2D eigenvalue weighted by atomic mass is 16.5. The number of hydrogen-bond donors (Lipinski definition) is 1. The van der Waals surface area contributed by atoms with Crippen LogP contribution in [0, 0.1) is 0 Å². The van der Waals surface area contributed by atoms with Gasteiger partial charge in [0.2, 0.25) is 0 Å². The van der Waals surface area contributed by atoms with Crippen LogP contribution in [0.15, 0.2) is 24.3 Å². The maximum Gasteiger partial charge on any atom is 0.119 e. The van der Waals surface area contributed by atoms with Gasteiger partial charge in [0.15, 0.2) is 0 Å². The Labute approximate surface area is 109 Å². The Balaban J connectivity index is 1.59. The lowest BCUT2D eigenvalue weighted by molar-refractivity contribution is 0.162. The van der Waals surface area contributed by atoms with Crippen molar-refractivity contribution >= 4 is 5.69 Å². The molecule has 98 valence electrons. The van der Waals surface area contributed by atoms with Gasteiger partial charge in [0.05, 0.1) is 0 Å². The molecule has 0 radical (unpaired) electrons. The fourth-order valence-corrected chi connectivity index (χ4v) is 2.82. The summed E-state index contributed by atoms with van der Waals surface area (Å²) in [6, 6.07) is 8.63. The molecular weight excluding hydrogens is 224 g/mol. The maximum atomic E-state index is 6.01. The Kier molecular flexibility index (Phi) is 3.69. The largest absolute Gasteiger partial charge is 0.490 e. The average molecular weight is 246 g/mol. The second kappa shape index (κ2) is 5.61. The molecule has 0 saturated carbocycles. The lowest BCUT2D eigenvalue weighted by atomic mass is 10.1. The molecule has 0 unspecified atom stereocenters. The van der Waals surface area contributed by atoms with Gasteiger partial charge in [0.25, 0.3) is 0 Å². The Morgan fingerprint density at radius 1 is 1.00 bits per heavy atom. The Morgan fingerprint density at radius 3 is 2.33 bits per heavy atom. The van der Waals surface area contributed by atoms with E-state index < -0.39 is 0 Å². The molecule has 0 atom stereocenters. The second-order valence-electron chi connectivity index (χ2n) is 5.26. The molecule has 2 aliphatic heterocycles. The zero-order valence-corrected chi connectivity index (χ0v) is 10.9. The molecule has 0 amide bonds. The van der Waals surface area contributed by atoms with Gasteiger partial charge in [-0.2, -0.15) is 0 Å². The number of rotatable bonds is 3.